The van der Waals surface area contributed by atoms with Crippen molar-refractivity contribution in [1.82, 2.24) is 10.6 Å². The fraction of sp³-hybridized carbons (Fsp3) is 0.250. The minimum Gasteiger partial charge on any atom is -0.468 e. The molecule has 2 aromatic carbocycles. The molecule has 1 aliphatic heterocycles. The van der Waals surface area contributed by atoms with Crippen LogP contribution in [0, 0.1) is 24.2 Å². The summed E-state index contributed by atoms with van der Waals surface area (Å²) in [6.45, 7) is 2.37. The first kappa shape index (κ1) is 24.6. The molecule has 2 aromatic rings. The Morgan fingerprint density at radius 2 is 1.97 bits per heavy atom. The lowest BCUT2D eigenvalue weighted by atomic mass is 9.78. The molecule has 0 radical (unpaired) electrons. The van der Waals surface area contributed by atoms with Crippen molar-refractivity contribution in [2.75, 3.05) is 12.9 Å². The number of hydrogen-bond acceptors (Lipinski definition) is 6. The van der Waals surface area contributed by atoms with E-state index in [1.165, 1.54) is 7.11 Å². The lowest BCUT2D eigenvalue weighted by Crippen LogP contribution is -2.44. The molecule has 0 spiro atoms. The topological polar surface area (TPSA) is 108 Å². The second-order valence-corrected chi connectivity index (χ2v) is 9.33. The molecule has 2 amide bonds. The van der Waals surface area contributed by atoms with E-state index in [0.717, 1.165) is 27.4 Å². The van der Waals surface area contributed by atoms with Crippen LogP contribution in [0.4, 0.5) is 0 Å². The normalized spacial score (nSPS) is 17.7. The highest BCUT2D eigenvalue weighted by Crippen LogP contribution is 2.40. The molecule has 170 valence electrons. The molecule has 0 unspecified atom stereocenters. The summed E-state index contributed by atoms with van der Waals surface area (Å²) in [7, 11) is 1.20. The van der Waals surface area contributed by atoms with Gasteiger partial charge in [-0.2, -0.15) is 5.26 Å². The van der Waals surface area contributed by atoms with Crippen LogP contribution < -0.4 is 10.6 Å². The van der Waals surface area contributed by atoms with Crippen molar-refractivity contribution in [3.8, 4) is 6.07 Å². The number of rotatable bonds is 7. The number of nitrogens with one attached hydrogen (secondary N) is 2. The van der Waals surface area contributed by atoms with Gasteiger partial charge in [-0.15, -0.1) is 0 Å². The highest BCUT2D eigenvalue weighted by Gasteiger charge is 2.44. The number of halogens is 1. The number of thioether (sulfide) groups is 1. The summed E-state index contributed by atoms with van der Waals surface area (Å²) in [5.41, 5.74) is 2.93. The van der Waals surface area contributed by atoms with Crippen molar-refractivity contribution in [3.63, 3.8) is 0 Å². The first-order valence-electron chi connectivity index (χ1n) is 10.1. The Morgan fingerprint density at radius 3 is 2.61 bits per heavy atom. The molecule has 3 rings (SSSR count). The van der Waals surface area contributed by atoms with Crippen LogP contribution in [0.3, 0.4) is 0 Å². The first-order valence-corrected chi connectivity index (χ1v) is 11.9. The summed E-state index contributed by atoms with van der Waals surface area (Å²) in [6.07, 6.45) is 0. The van der Waals surface area contributed by atoms with E-state index in [1.54, 1.807) is 18.2 Å². The van der Waals surface area contributed by atoms with E-state index in [4.69, 9.17) is 4.74 Å². The van der Waals surface area contributed by atoms with Gasteiger partial charge in [0.25, 0.3) is 0 Å². The van der Waals surface area contributed by atoms with Gasteiger partial charge in [-0.3, -0.25) is 14.4 Å². The van der Waals surface area contributed by atoms with Gasteiger partial charge in [0.2, 0.25) is 11.8 Å². The number of allylic oxidation sites excluding steroid dienone is 1. The molecule has 2 atom stereocenters. The fourth-order valence-electron chi connectivity index (χ4n) is 3.47. The quantitative estimate of drug-likeness (QED) is 0.421. The number of nitrogens with zero attached hydrogens (tertiary/aromatic N) is 1. The second-order valence-electron chi connectivity index (χ2n) is 7.43. The third-order valence-electron chi connectivity index (χ3n) is 5.15. The molecule has 0 aliphatic carbocycles. The zero-order chi connectivity index (χ0) is 24.0. The van der Waals surface area contributed by atoms with Crippen LogP contribution in [0.15, 0.2) is 63.6 Å². The average molecular weight is 528 g/mol. The zero-order valence-corrected chi connectivity index (χ0v) is 20.5. The van der Waals surface area contributed by atoms with Crippen LogP contribution in [0.1, 0.15) is 22.6 Å². The number of carbonyl (C=O) groups is 3. The van der Waals surface area contributed by atoms with E-state index in [9.17, 15) is 19.6 Å². The van der Waals surface area contributed by atoms with Crippen molar-refractivity contribution >= 4 is 45.5 Å². The van der Waals surface area contributed by atoms with E-state index in [2.05, 4.69) is 32.6 Å². The van der Waals surface area contributed by atoms with Gasteiger partial charge < -0.3 is 15.4 Å². The standard InChI is InChI=1S/C24H22BrN3O4S/c1-14-6-8-15(9-7-14)12-27-19(29)13-33-23-18(11-26)20(16-4-3-5-17(25)10-16)21(22(30)28-23)24(31)32-2/h3-10,20-21H,12-13H2,1-2H3,(H,27,29)(H,28,30)/t20-,21+/m1/s1. The molecule has 1 heterocycles. The number of nitriles is 1. The van der Waals surface area contributed by atoms with Crippen LogP contribution in [-0.4, -0.2) is 30.6 Å². The largest absolute Gasteiger partial charge is 0.468 e. The molecule has 0 bridgehead atoms. The second kappa shape index (κ2) is 11.2. The Bertz CT molecular complexity index is 1140. The number of aryl methyl sites for hydroxylation is 1. The van der Waals surface area contributed by atoms with Gasteiger partial charge in [0.05, 0.1) is 29.5 Å². The number of esters is 1. The molecule has 0 saturated heterocycles. The molecule has 2 N–H and O–H groups in total. The van der Waals surface area contributed by atoms with E-state index >= 15 is 0 Å². The Kier molecular flexibility index (Phi) is 8.31. The summed E-state index contributed by atoms with van der Waals surface area (Å²) < 4.78 is 5.58. The monoisotopic (exact) mass is 527 g/mol. The van der Waals surface area contributed by atoms with Crippen LogP contribution in [0.2, 0.25) is 0 Å². The predicted molar refractivity (Wildman–Crippen MR) is 129 cm³/mol. The van der Waals surface area contributed by atoms with Crippen LogP contribution in [0.5, 0.6) is 0 Å². The van der Waals surface area contributed by atoms with E-state index in [1.807, 2.05) is 37.3 Å². The molecular weight excluding hydrogens is 506 g/mol. The van der Waals surface area contributed by atoms with Gasteiger partial charge in [-0.1, -0.05) is 69.7 Å². The SMILES string of the molecule is COC(=O)[C@@H]1C(=O)NC(SCC(=O)NCc2ccc(C)cc2)=C(C#N)[C@H]1c1cccc(Br)c1. The number of amides is 2. The lowest BCUT2D eigenvalue weighted by molar-refractivity contribution is -0.150. The minimum absolute atomic E-state index is 0.000744. The highest BCUT2D eigenvalue weighted by molar-refractivity contribution is 9.10. The predicted octanol–water partition coefficient (Wildman–Crippen LogP) is 3.54. The number of ether oxygens (including phenoxy) is 1. The molecular formula is C24H22BrN3O4S. The van der Waals surface area contributed by atoms with Gasteiger partial charge in [-0.25, -0.2) is 0 Å². The van der Waals surface area contributed by atoms with Gasteiger partial charge in [0.1, 0.15) is 5.92 Å². The van der Waals surface area contributed by atoms with Gasteiger partial charge in [0, 0.05) is 16.9 Å². The molecule has 0 aromatic heterocycles. The van der Waals surface area contributed by atoms with Crippen molar-refractivity contribution < 1.29 is 19.1 Å². The minimum atomic E-state index is -1.21. The van der Waals surface area contributed by atoms with E-state index in [-0.39, 0.29) is 22.3 Å². The summed E-state index contributed by atoms with van der Waals surface area (Å²) >= 11 is 4.44. The van der Waals surface area contributed by atoms with Crippen LogP contribution >= 0.6 is 27.7 Å². The van der Waals surface area contributed by atoms with E-state index in [0.29, 0.717) is 12.1 Å². The zero-order valence-electron chi connectivity index (χ0n) is 18.1. The molecule has 9 heteroatoms. The summed E-state index contributed by atoms with van der Waals surface area (Å²) in [5, 5.41) is 15.6. The molecule has 0 fully saturated rings. The maximum absolute atomic E-state index is 12.8. The van der Waals surface area contributed by atoms with Gasteiger partial charge in [-0.05, 0) is 30.2 Å². The van der Waals surface area contributed by atoms with Crippen LogP contribution in [0.25, 0.3) is 0 Å². The van der Waals surface area contributed by atoms with Crippen molar-refractivity contribution in [2.24, 2.45) is 5.92 Å². The molecule has 0 saturated carbocycles. The average Bonchev–Trinajstić information content (AvgIpc) is 2.81. The van der Waals surface area contributed by atoms with Gasteiger partial charge >= 0.3 is 5.97 Å². The van der Waals surface area contributed by atoms with E-state index < -0.39 is 23.7 Å². The smallest absolute Gasteiger partial charge is 0.319 e. The first-order chi connectivity index (χ1) is 15.8. The molecule has 1 aliphatic rings. The number of carbonyl (C=O) groups excluding carboxylic acids is 3. The Morgan fingerprint density at radius 1 is 1.24 bits per heavy atom. The maximum atomic E-state index is 12.8. The number of hydrogen-bond donors (Lipinski definition) is 2. The van der Waals surface area contributed by atoms with Crippen molar-refractivity contribution in [3.05, 3.63) is 80.3 Å². The molecule has 33 heavy (non-hydrogen) atoms. The van der Waals surface area contributed by atoms with Crippen molar-refractivity contribution in [2.45, 2.75) is 19.4 Å². The lowest BCUT2D eigenvalue weighted by Gasteiger charge is -2.31. The number of methoxy groups -OCH3 is 1. The Hall–Kier alpha value is -3.09. The summed E-state index contributed by atoms with van der Waals surface area (Å²) in [4.78, 5) is 37.6. The fourth-order valence-corrected chi connectivity index (χ4v) is 4.77. The maximum Gasteiger partial charge on any atom is 0.319 e. The van der Waals surface area contributed by atoms with Crippen molar-refractivity contribution in [1.29, 1.82) is 5.26 Å². The summed E-state index contributed by atoms with van der Waals surface area (Å²) in [5.74, 6) is -3.58. The number of benzene rings is 2. The highest BCUT2D eigenvalue weighted by atomic mass is 79.9. The third kappa shape index (κ3) is 6.03. The van der Waals surface area contributed by atoms with Crippen LogP contribution in [-0.2, 0) is 25.7 Å². The Labute approximate surface area is 204 Å². The van der Waals surface area contributed by atoms with Gasteiger partial charge in [0.15, 0.2) is 0 Å². The Balaban J connectivity index is 1.81. The molecule has 7 nitrogen and oxygen atoms in total. The third-order valence-corrected chi connectivity index (χ3v) is 6.66. The summed E-state index contributed by atoms with van der Waals surface area (Å²) in [6, 6.07) is 17.0.